The zero-order chi connectivity index (χ0) is 22.9. The minimum absolute atomic E-state index is 0.151. The molecule has 31 heavy (non-hydrogen) atoms. The zero-order valence-electron chi connectivity index (χ0n) is 21.7. The Morgan fingerprint density at radius 1 is 0.806 bits per heavy atom. The topological polar surface area (TPSA) is 18.5 Å². The fraction of sp³-hybridized carbons (Fsp3) is 0.852. The first-order chi connectivity index (χ1) is 14.6. The van der Waals surface area contributed by atoms with E-state index < -0.39 is 0 Å². The van der Waals surface area contributed by atoms with Gasteiger partial charge in [-0.2, -0.15) is 0 Å². The second kappa shape index (κ2) is 9.67. The van der Waals surface area contributed by atoms with Crippen LogP contribution in [0.3, 0.4) is 0 Å². The van der Waals surface area contributed by atoms with Crippen LogP contribution in [0.25, 0.3) is 0 Å². The summed E-state index contributed by atoms with van der Waals surface area (Å²) in [6, 6.07) is 1.23. The average molecular weight is 435 g/mol. The van der Waals surface area contributed by atoms with E-state index in [2.05, 4.69) is 67.8 Å². The van der Waals surface area contributed by atoms with E-state index in [0.29, 0.717) is 12.1 Å². The highest BCUT2D eigenvalue weighted by atomic mass is 16.8. The summed E-state index contributed by atoms with van der Waals surface area (Å²) in [5, 5.41) is 0. The first-order valence-electron chi connectivity index (χ1n) is 13.0. The van der Waals surface area contributed by atoms with Crippen molar-refractivity contribution in [2.24, 2.45) is 0 Å². The quantitative estimate of drug-likeness (QED) is 0.385. The van der Waals surface area contributed by atoms with Crippen molar-refractivity contribution in [2.45, 2.75) is 123 Å². The van der Waals surface area contributed by atoms with Gasteiger partial charge in [0.25, 0.3) is 0 Å². The van der Waals surface area contributed by atoms with Crippen LogP contribution in [-0.2, 0) is 9.47 Å². The normalized spacial score (nSPS) is 39.7. The molecule has 3 rings (SSSR count). The van der Waals surface area contributed by atoms with Gasteiger partial charge in [-0.25, -0.2) is 0 Å². The number of nitrogens with zero attached hydrogens (tertiary/aromatic N) is 2. The largest absolute Gasteiger partial charge is 0.338 e. The molecule has 0 bridgehead atoms. The zero-order valence-corrected chi connectivity index (χ0v) is 21.7. The number of likely N-dealkylation sites (N-methyl/N-ethyl adjacent to an activating group) is 2. The van der Waals surface area contributed by atoms with Crippen LogP contribution in [0.4, 0.5) is 0 Å². The maximum Gasteiger partial charge on any atom is 0.169 e. The Balaban J connectivity index is 1.88. The molecule has 0 N–H and O–H groups in total. The Morgan fingerprint density at radius 3 is 1.48 bits per heavy atom. The van der Waals surface area contributed by atoms with E-state index in [0.717, 1.165) is 34.9 Å². The van der Waals surface area contributed by atoms with Crippen LogP contribution in [0, 0.1) is 0 Å². The average Bonchev–Trinajstić information content (AvgIpc) is 3.29. The predicted octanol–water partition coefficient (Wildman–Crippen LogP) is 6.13. The highest BCUT2D eigenvalue weighted by molar-refractivity contribution is 5.01. The van der Waals surface area contributed by atoms with Crippen LogP contribution >= 0.6 is 0 Å². The van der Waals surface area contributed by atoms with E-state index in [1.165, 1.54) is 49.9 Å². The van der Waals surface area contributed by atoms with E-state index in [-0.39, 0.29) is 18.0 Å². The maximum absolute atomic E-state index is 7.02. The fourth-order valence-corrected chi connectivity index (χ4v) is 5.95. The monoisotopic (exact) mass is 434 g/mol. The molecule has 3 aliphatic heterocycles. The van der Waals surface area contributed by atoms with Gasteiger partial charge in [0.15, 0.2) is 5.79 Å². The van der Waals surface area contributed by atoms with Gasteiger partial charge in [-0.15, -0.1) is 0 Å². The smallest absolute Gasteiger partial charge is 0.169 e. The van der Waals surface area contributed by atoms with Crippen LogP contribution in [0.15, 0.2) is 23.5 Å². The lowest BCUT2D eigenvalue weighted by Crippen LogP contribution is -2.56. The Kier molecular flexibility index (Phi) is 7.78. The van der Waals surface area contributed by atoms with E-state index >= 15 is 0 Å². The van der Waals surface area contributed by atoms with Crippen molar-refractivity contribution in [1.29, 1.82) is 0 Å². The van der Waals surface area contributed by atoms with Crippen molar-refractivity contribution in [3.8, 4) is 0 Å². The van der Waals surface area contributed by atoms with Gasteiger partial charge in [0.2, 0.25) is 0 Å². The first kappa shape index (κ1) is 25.0. The molecule has 0 spiro atoms. The Bertz CT molecular complexity index is 629. The summed E-state index contributed by atoms with van der Waals surface area (Å²) < 4.78 is 16.0. The second-order valence-electron chi connectivity index (χ2n) is 11.2. The number of quaternary nitrogens is 2. The van der Waals surface area contributed by atoms with Gasteiger partial charge in [0.1, 0.15) is 36.7 Å². The lowest BCUT2D eigenvalue weighted by molar-refractivity contribution is -0.899. The number of ether oxygens (including phenoxy) is 2. The van der Waals surface area contributed by atoms with E-state index in [1.807, 2.05) is 0 Å². The lowest BCUT2D eigenvalue weighted by Gasteiger charge is -2.41. The molecule has 0 aromatic carbocycles. The van der Waals surface area contributed by atoms with Crippen molar-refractivity contribution < 1.29 is 18.4 Å². The molecular weight excluding hydrogens is 384 g/mol. The van der Waals surface area contributed by atoms with E-state index in [1.54, 1.807) is 0 Å². The van der Waals surface area contributed by atoms with Crippen molar-refractivity contribution in [2.75, 3.05) is 27.2 Å². The molecule has 6 atom stereocenters. The van der Waals surface area contributed by atoms with Crippen LogP contribution in [-0.4, -0.2) is 66.2 Å². The molecule has 0 saturated carbocycles. The van der Waals surface area contributed by atoms with Crippen molar-refractivity contribution in [3.63, 3.8) is 0 Å². The molecule has 3 heterocycles. The molecule has 178 valence electrons. The van der Waals surface area contributed by atoms with Crippen LogP contribution < -0.4 is 0 Å². The highest BCUT2D eigenvalue weighted by Gasteiger charge is 2.54. The summed E-state index contributed by atoms with van der Waals surface area (Å²) in [7, 11) is 4.81. The summed E-state index contributed by atoms with van der Waals surface area (Å²) in [6.45, 7) is 16.0. The summed E-state index contributed by atoms with van der Waals surface area (Å²) in [5.41, 5.74) is 2.97. The molecule has 4 nitrogen and oxygen atoms in total. The van der Waals surface area contributed by atoms with Crippen molar-refractivity contribution >= 4 is 0 Å². The fourth-order valence-electron chi connectivity index (χ4n) is 5.95. The molecule has 3 aliphatic rings. The molecular formula is C27H50N2O2+2. The van der Waals surface area contributed by atoms with Gasteiger partial charge in [-0.3, -0.25) is 8.97 Å². The van der Waals surface area contributed by atoms with Crippen molar-refractivity contribution in [3.05, 3.63) is 23.5 Å². The van der Waals surface area contributed by atoms with Crippen LogP contribution in [0.2, 0.25) is 0 Å². The highest BCUT2D eigenvalue weighted by Crippen LogP contribution is 2.42. The third-order valence-corrected chi connectivity index (χ3v) is 9.15. The minimum atomic E-state index is -0.388. The summed E-state index contributed by atoms with van der Waals surface area (Å²) in [4.78, 5) is 0. The molecule has 1 fully saturated rings. The maximum atomic E-state index is 7.02. The van der Waals surface area contributed by atoms with Gasteiger partial charge < -0.3 is 9.47 Å². The van der Waals surface area contributed by atoms with Crippen LogP contribution in [0.5, 0.6) is 0 Å². The standard InChI is InChI=1S/C27H50N2O2/c1-9-11-17-27(18-12-10-2)30-25(19-28(7)21(3)13-14-22(28)4)26(31-27)20-29(8)23(5)15-16-24(29)6/h13,15,22,24-26H,9-12,14,16-20H2,1-8H3/q+2/t22-,24-,25+,26+,28?,29?/m1/s1. The molecule has 0 radical (unpaired) electrons. The molecule has 2 unspecified atom stereocenters. The minimum Gasteiger partial charge on any atom is -0.338 e. The Labute approximate surface area is 192 Å². The van der Waals surface area contributed by atoms with Gasteiger partial charge in [0, 0.05) is 39.5 Å². The van der Waals surface area contributed by atoms with E-state index in [9.17, 15) is 0 Å². The van der Waals surface area contributed by atoms with Crippen molar-refractivity contribution in [1.82, 2.24) is 0 Å². The first-order valence-corrected chi connectivity index (χ1v) is 13.0. The summed E-state index contributed by atoms with van der Waals surface area (Å²) in [5.74, 6) is -0.388. The van der Waals surface area contributed by atoms with Gasteiger partial charge in [-0.1, -0.05) is 26.7 Å². The molecule has 4 heteroatoms. The molecule has 0 aromatic rings. The van der Waals surface area contributed by atoms with Gasteiger partial charge in [-0.05, 0) is 38.8 Å². The van der Waals surface area contributed by atoms with Gasteiger partial charge >= 0.3 is 0 Å². The molecule has 0 amide bonds. The predicted molar refractivity (Wildman–Crippen MR) is 129 cm³/mol. The number of hydrogen-bond donors (Lipinski definition) is 0. The Hall–Kier alpha value is -0.680. The number of allylic oxidation sites excluding steroid dienone is 2. The Morgan fingerprint density at radius 2 is 1.19 bits per heavy atom. The summed E-state index contributed by atoms with van der Waals surface area (Å²) in [6.07, 6.45) is 14.3. The summed E-state index contributed by atoms with van der Waals surface area (Å²) >= 11 is 0. The van der Waals surface area contributed by atoms with Crippen LogP contribution in [0.1, 0.15) is 92.9 Å². The molecule has 0 aliphatic carbocycles. The lowest BCUT2D eigenvalue weighted by atomic mass is 10.0. The second-order valence-corrected chi connectivity index (χ2v) is 11.2. The third-order valence-electron chi connectivity index (χ3n) is 9.15. The number of unbranched alkanes of at least 4 members (excludes halogenated alkanes) is 2. The SMILES string of the molecule is CCCCC1(CCCC)O[C@@H](C[N+]2(C)C(C)=CC[C@H]2C)[C@H](C[N+]2(C)C(C)=CC[C@H]2C)O1. The number of rotatable bonds is 10. The van der Waals surface area contributed by atoms with Gasteiger partial charge in [0.05, 0.1) is 26.2 Å². The third kappa shape index (κ3) is 4.83. The number of hydrogen-bond acceptors (Lipinski definition) is 2. The molecule has 0 aromatic heterocycles. The van der Waals surface area contributed by atoms with E-state index in [4.69, 9.17) is 9.47 Å². The molecule has 1 saturated heterocycles.